The molecular weight excluding hydrogens is 460 g/mol. The molecule has 0 spiro atoms. The number of aliphatic hydroxyl groups excluding tert-OH is 1. The molecule has 5 rings (SSSR count). The number of aliphatic hydroxyl groups is 1. The van der Waals surface area contributed by atoms with Gasteiger partial charge in [-0.3, -0.25) is 4.79 Å². The highest BCUT2D eigenvalue weighted by atomic mass is 35.5. The minimum Gasteiger partial charge on any atom is -0.483 e. The van der Waals surface area contributed by atoms with Crippen molar-refractivity contribution in [2.45, 2.75) is 25.9 Å². The summed E-state index contributed by atoms with van der Waals surface area (Å²) in [6, 6.07) is 9.50. The lowest BCUT2D eigenvalue weighted by atomic mass is 9.98. The molecule has 2 aromatic heterocycles. The maximum absolute atomic E-state index is 12.9. The molecule has 1 N–H and O–H groups in total. The van der Waals surface area contributed by atoms with Gasteiger partial charge in [0.15, 0.2) is 11.9 Å². The number of hydrogen-bond donors (Lipinski definition) is 1. The number of piperidine rings is 1. The summed E-state index contributed by atoms with van der Waals surface area (Å²) in [5, 5.41) is 11.9. The lowest BCUT2D eigenvalue weighted by molar-refractivity contribution is 0.0415. The predicted molar refractivity (Wildman–Crippen MR) is 129 cm³/mol. The van der Waals surface area contributed by atoms with E-state index in [2.05, 4.69) is 18.0 Å². The summed E-state index contributed by atoms with van der Waals surface area (Å²) in [5.74, 6) is 1.68. The van der Waals surface area contributed by atoms with E-state index < -0.39 is 6.10 Å². The zero-order valence-electron chi connectivity index (χ0n) is 18.3. The van der Waals surface area contributed by atoms with Crippen LogP contribution < -0.4 is 9.47 Å². The fourth-order valence-corrected chi connectivity index (χ4v) is 5.49. The average Bonchev–Trinajstić information content (AvgIpc) is 3.33. The van der Waals surface area contributed by atoms with Gasteiger partial charge in [0.05, 0.1) is 11.6 Å². The molecule has 1 atom stereocenters. The van der Waals surface area contributed by atoms with E-state index in [4.69, 9.17) is 21.1 Å². The van der Waals surface area contributed by atoms with Crippen molar-refractivity contribution in [2.24, 2.45) is 5.92 Å². The number of hydrogen-bond acceptors (Lipinski definition) is 6. The van der Waals surface area contributed by atoms with Gasteiger partial charge in [-0.25, -0.2) is 4.98 Å². The third-order valence-corrected chi connectivity index (χ3v) is 7.51. The number of fused-ring (bicyclic) bond motifs is 1. The number of halogens is 1. The Hall–Kier alpha value is -2.61. The first-order chi connectivity index (χ1) is 16.0. The molecule has 1 saturated heterocycles. The van der Waals surface area contributed by atoms with Gasteiger partial charge in [0.1, 0.15) is 6.61 Å². The van der Waals surface area contributed by atoms with Crippen molar-refractivity contribution in [2.75, 3.05) is 26.3 Å². The van der Waals surface area contributed by atoms with Crippen molar-refractivity contribution in [3.8, 4) is 33.2 Å². The summed E-state index contributed by atoms with van der Waals surface area (Å²) in [4.78, 5) is 20.1. The van der Waals surface area contributed by atoms with Crippen LogP contribution in [0, 0.1) is 5.92 Å². The van der Waals surface area contributed by atoms with E-state index in [1.54, 1.807) is 23.6 Å². The molecule has 4 heterocycles. The lowest BCUT2D eigenvalue weighted by Crippen LogP contribution is -2.37. The first-order valence-corrected chi connectivity index (χ1v) is 12.4. The van der Waals surface area contributed by atoms with Gasteiger partial charge in [0.25, 0.3) is 11.8 Å². The standard InChI is InChI=1S/C25H25ClN2O4S/c1-15-5-8-28(9-6-15)25(30)16-2-3-20(21(26)10-16)22-11-17(14-33-22)19-4-7-27-24-23(19)31-13-18(12-29)32-24/h2-4,7,10-11,14-15,18,29H,5-6,8-9,12-13H2,1H3. The van der Waals surface area contributed by atoms with Crippen molar-refractivity contribution in [1.82, 2.24) is 9.88 Å². The molecule has 8 heteroatoms. The van der Waals surface area contributed by atoms with Crippen LogP contribution in [0.2, 0.25) is 5.02 Å². The Morgan fingerprint density at radius 1 is 1.24 bits per heavy atom. The second-order valence-corrected chi connectivity index (χ2v) is 9.91. The largest absolute Gasteiger partial charge is 0.483 e. The number of carbonyl (C=O) groups is 1. The fraction of sp³-hybridized carbons (Fsp3) is 0.360. The molecule has 6 nitrogen and oxygen atoms in total. The highest BCUT2D eigenvalue weighted by Crippen LogP contribution is 2.43. The molecule has 172 valence electrons. The highest BCUT2D eigenvalue weighted by Gasteiger charge is 2.26. The molecule has 0 saturated carbocycles. The van der Waals surface area contributed by atoms with Crippen LogP contribution in [0.3, 0.4) is 0 Å². The number of benzene rings is 1. The van der Waals surface area contributed by atoms with Gasteiger partial charge in [-0.15, -0.1) is 11.3 Å². The predicted octanol–water partition coefficient (Wildman–Crippen LogP) is 5.13. The van der Waals surface area contributed by atoms with Crippen LogP contribution in [-0.2, 0) is 0 Å². The molecule has 2 aliphatic heterocycles. The SMILES string of the molecule is CC1CCN(C(=O)c2ccc(-c3cc(-c4ccnc5c4OCC(CO)O5)cs3)c(Cl)c2)CC1. The third-order valence-electron chi connectivity index (χ3n) is 6.23. The number of likely N-dealkylation sites (tertiary alicyclic amines) is 1. The summed E-state index contributed by atoms with van der Waals surface area (Å²) in [6.45, 7) is 3.98. The Bertz CT molecular complexity index is 1170. The maximum Gasteiger partial charge on any atom is 0.258 e. The van der Waals surface area contributed by atoms with Gasteiger partial charge < -0.3 is 19.5 Å². The Kier molecular flexibility index (Phi) is 6.27. The van der Waals surface area contributed by atoms with E-state index in [1.807, 2.05) is 28.5 Å². The van der Waals surface area contributed by atoms with E-state index in [9.17, 15) is 9.90 Å². The topological polar surface area (TPSA) is 71.9 Å². The van der Waals surface area contributed by atoms with Gasteiger partial charge in [-0.1, -0.05) is 24.6 Å². The van der Waals surface area contributed by atoms with Crippen LogP contribution in [0.4, 0.5) is 0 Å². The smallest absolute Gasteiger partial charge is 0.258 e. The zero-order chi connectivity index (χ0) is 22.9. The number of nitrogens with zero attached hydrogens (tertiary/aromatic N) is 2. The molecule has 33 heavy (non-hydrogen) atoms. The average molecular weight is 485 g/mol. The van der Waals surface area contributed by atoms with Gasteiger partial charge in [0.2, 0.25) is 0 Å². The summed E-state index contributed by atoms with van der Waals surface area (Å²) in [7, 11) is 0. The Labute approximate surface area is 201 Å². The second-order valence-electron chi connectivity index (χ2n) is 8.60. The number of ether oxygens (including phenoxy) is 2. The van der Waals surface area contributed by atoms with Crippen molar-refractivity contribution >= 4 is 28.8 Å². The van der Waals surface area contributed by atoms with Crippen LogP contribution in [-0.4, -0.2) is 53.3 Å². The van der Waals surface area contributed by atoms with E-state index in [1.165, 1.54) is 0 Å². The molecular formula is C25H25ClN2O4S. The third kappa shape index (κ3) is 4.45. The Morgan fingerprint density at radius 2 is 2.06 bits per heavy atom. The number of rotatable bonds is 4. The van der Waals surface area contributed by atoms with Gasteiger partial charge in [-0.2, -0.15) is 0 Å². The molecule has 2 aliphatic rings. The molecule has 0 bridgehead atoms. The number of carbonyl (C=O) groups excluding carboxylic acids is 1. The number of thiophene rings is 1. The molecule has 1 fully saturated rings. The van der Waals surface area contributed by atoms with E-state index in [0.29, 0.717) is 28.1 Å². The minimum absolute atomic E-state index is 0.0453. The summed E-state index contributed by atoms with van der Waals surface area (Å²) in [5.41, 5.74) is 3.36. The van der Waals surface area contributed by atoms with Crippen molar-refractivity contribution in [1.29, 1.82) is 0 Å². The molecule has 0 aliphatic carbocycles. The van der Waals surface area contributed by atoms with Gasteiger partial charge >= 0.3 is 0 Å². The van der Waals surface area contributed by atoms with Crippen LogP contribution in [0.25, 0.3) is 21.6 Å². The highest BCUT2D eigenvalue weighted by molar-refractivity contribution is 7.14. The van der Waals surface area contributed by atoms with E-state index in [-0.39, 0.29) is 19.1 Å². The van der Waals surface area contributed by atoms with Crippen LogP contribution in [0.1, 0.15) is 30.1 Å². The number of pyridine rings is 1. The molecule has 1 aromatic carbocycles. The number of amides is 1. The van der Waals surface area contributed by atoms with Crippen LogP contribution in [0.15, 0.2) is 41.9 Å². The molecule has 1 amide bonds. The van der Waals surface area contributed by atoms with Crippen LogP contribution in [0.5, 0.6) is 11.6 Å². The monoisotopic (exact) mass is 484 g/mol. The molecule has 0 radical (unpaired) electrons. The Balaban J connectivity index is 1.38. The minimum atomic E-state index is -0.411. The second kappa shape index (κ2) is 9.33. The fourth-order valence-electron chi connectivity index (χ4n) is 4.20. The van der Waals surface area contributed by atoms with Gasteiger partial charge in [0, 0.05) is 40.9 Å². The van der Waals surface area contributed by atoms with E-state index in [0.717, 1.165) is 47.5 Å². The van der Waals surface area contributed by atoms with Gasteiger partial charge in [-0.05, 0) is 54.0 Å². The van der Waals surface area contributed by atoms with Crippen LogP contribution >= 0.6 is 22.9 Å². The van der Waals surface area contributed by atoms with Crippen molar-refractivity contribution in [3.63, 3.8) is 0 Å². The lowest BCUT2D eigenvalue weighted by Gasteiger charge is -2.30. The number of aromatic nitrogens is 1. The summed E-state index contributed by atoms with van der Waals surface area (Å²) in [6.07, 6.45) is 3.35. The maximum atomic E-state index is 12.9. The molecule has 1 unspecified atom stereocenters. The Morgan fingerprint density at radius 3 is 2.82 bits per heavy atom. The quantitative estimate of drug-likeness (QED) is 0.555. The first-order valence-electron chi connectivity index (χ1n) is 11.1. The summed E-state index contributed by atoms with van der Waals surface area (Å²) >= 11 is 8.20. The zero-order valence-corrected chi connectivity index (χ0v) is 19.9. The normalized spacial score (nSPS) is 18.4. The molecule has 3 aromatic rings. The van der Waals surface area contributed by atoms with E-state index >= 15 is 0 Å². The van der Waals surface area contributed by atoms with Crippen molar-refractivity contribution in [3.05, 3.63) is 52.5 Å². The summed E-state index contributed by atoms with van der Waals surface area (Å²) < 4.78 is 11.6. The first kappa shape index (κ1) is 22.2. The van der Waals surface area contributed by atoms with Crippen molar-refractivity contribution < 1.29 is 19.4 Å².